The Balaban J connectivity index is 2.97. The molecule has 1 unspecified atom stereocenters. The van der Waals surface area contributed by atoms with Crippen molar-refractivity contribution in [2.75, 3.05) is 0 Å². The van der Waals surface area contributed by atoms with Crippen LogP contribution < -0.4 is 4.72 Å². The number of thiazole rings is 1. The van der Waals surface area contributed by atoms with Crippen LogP contribution in [0.5, 0.6) is 0 Å². The third-order valence-electron chi connectivity index (χ3n) is 2.06. The molecule has 2 N–H and O–H groups in total. The van der Waals surface area contributed by atoms with Crippen LogP contribution in [0.2, 0.25) is 0 Å². The van der Waals surface area contributed by atoms with Gasteiger partial charge in [0.25, 0.3) is 10.0 Å². The van der Waals surface area contributed by atoms with Gasteiger partial charge in [-0.05, 0) is 13.3 Å². The highest BCUT2D eigenvalue weighted by Gasteiger charge is 2.26. The first-order valence-electron chi connectivity index (χ1n) is 5.07. The van der Waals surface area contributed by atoms with E-state index in [2.05, 4.69) is 9.71 Å². The van der Waals surface area contributed by atoms with Crippen LogP contribution in [0.25, 0.3) is 0 Å². The number of nitrogens with one attached hydrogen (secondary N) is 1. The molecule has 1 rings (SSSR count). The van der Waals surface area contributed by atoms with Gasteiger partial charge in [-0.3, -0.25) is 0 Å². The van der Waals surface area contributed by atoms with Crippen molar-refractivity contribution in [2.45, 2.75) is 36.9 Å². The summed E-state index contributed by atoms with van der Waals surface area (Å²) in [5.41, 5.74) is 0.786. The molecule has 0 saturated carbocycles. The van der Waals surface area contributed by atoms with Crippen molar-refractivity contribution in [3.63, 3.8) is 0 Å². The molecule has 96 valence electrons. The zero-order valence-corrected chi connectivity index (χ0v) is 11.1. The highest BCUT2D eigenvalue weighted by atomic mass is 32.2. The van der Waals surface area contributed by atoms with Crippen molar-refractivity contribution in [3.05, 3.63) is 11.2 Å². The van der Waals surface area contributed by atoms with Crippen LogP contribution >= 0.6 is 11.3 Å². The predicted octanol–water partition coefficient (Wildman–Crippen LogP) is 1.31. The minimum atomic E-state index is -3.79. The summed E-state index contributed by atoms with van der Waals surface area (Å²) in [7, 11) is -3.79. The lowest BCUT2D eigenvalue weighted by Crippen LogP contribution is -2.32. The lowest BCUT2D eigenvalue weighted by atomic mass is 10.2. The van der Waals surface area contributed by atoms with E-state index in [1.807, 2.05) is 6.92 Å². The molecule has 0 bridgehead atoms. The Morgan fingerprint density at radius 1 is 1.65 bits per heavy atom. The van der Waals surface area contributed by atoms with Crippen molar-refractivity contribution in [1.29, 1.82) is 0 Å². The third-order valence-corrected chi connectivity index (χ3v) is 5.02. The minimum Gasteiger partial charge on any atom is -0.476 e. The van der Waals surface area contributed by atoms with Gasteiger partial charge in [0.15, 0.2) is 9.90 Å². The first kappa shape index (κ1) is 14.1. The summed E-state index contributed by atoms with van der Waals surface area (Å²) in [4.78, 5) is 14.3. The lowest BCUT2D eigenvalue weighted by Gasteiger charge is -2.12. The molecular formula is C9H14N2O4S2. The molecule has 1 atom stereocenters. The van der Waals surface area contributed by atoms with Gasteiger partial charge < -0.3 is 5.11 Å². The number of hydrogen-bond donors (Lipinski definition) is 2. The van der Waals surface area contributed by atoms with E-state index in [-0.39, 0.29) is 10.3 Å². The van der Waals surface area contributed by atoms with Gasteiger partial charge in [-0.1, -0.05) is 13.3 Å². The molecule has 1 aromatic heterocycles. The number of rotatable bonds is 6. The zero-order valence-electron chi connectivity index (χ0n) is 9.50. The Hall–Kier alpha value is -0.990. The molecule has 0 saturated heterocycles. The van der Waals surface area contributed by atoms with E-state index in [0.29, 0.717) is 6.42 Å². The number of carboxylic acid groups (broad SMARTS) is 1. The average Bonchev–Trinajstić information content (AvgIpc) is 2.65. The second kappa shape index (κ2) is 5.56. The van der Waals surface area contributed by atoms with Gasteiger partial charge in [0.05, 0.1) is 5.51 Å². The molecule has 6 nitrogen and oxygen atoms in total. The maximum atomic E-state index is 11.9. The second-order valence-electron chi connectivity index (χ2n) is 3.60. The van der Waals surface area contributed by atoms with Crippen LogP contribution in [0.3, 0.4) is 0 Å². The van der Waals surface area contributed by atoms with Crippen LogP contribution in [0.4, 0.5) is 0 Å². The number of sulfonamides is 1. The minimum absolute atomic E-state index is 0.228. The Labute approximate surface area is 104 Å². The van der Waals surface area contributed by atoms with E-state index in [1.54, 1.807) is 6.92 Å². The Kier molecular flexibility index (Phi) is 4.61. The van der Waals surface area contributed by atoms with Crippen molar-refractivity contribution in [3.8, 4) is 0 Å². The van der Waals surface area contributed by atoms with Crippen LogP contribution in [0.1, 0.15) is 37.2 Å². The molecule has 0 amide bonds. The molecule has 0 aliphatic heterocycles. The van der Waals surface area contributed by atoms with Crippen molar-refractivity contribution in [2.24, 2.45) is 0 Å². The maximum absolute atomic E-state index is 11.9. The predicted molar refractivity (Wildman–Crippen MR) is 63.8 cm³/mol. The summed E-state index contributed by atoms with van der Waals surface area (Å²) in [6.07, 6.45) is 1.54. The smallest absolute Gasteiger partial charge is 0.356 e. The number of carbonyl (C=O) groups is 1. The molecule has 8 heteroatoms. The Morgan fingerprint density at radius 2 is 2.29 bits per heavy atom. The van der Waals surface area contributed by atoms with Crippen LogP contribution in [0, 0.1) is 0 Å². The third kappa shape index (κ3) is 3.48. The van der Waals surface area contributed by atoms with Gasteiger partial charge in [-0.15, -0.1) is 11.3 Å². The number of hydrogen-bond acceptors (Lipinski definition) is 5. The molecule has 1 heterocycles. The maximum Gasteiger partial charge on any atom is 0.356 e. The molecular weight excluding hydrogens is 264 g/mol. The molecule has 0 aliphatic rings. The van der Waals surface area contributed by atoms with Crippen LogP contribution in [-0.2, 0) is 10.0 Å². The summed E-state index contributed by atoms with van der Waals surface area (Å²) >= 11 is 0.802. The largest absolute Gasteiger partial charge is 0.476 e. The fourth-order valence-electron chi connectivity index (χ4n) is 1.38. The number of nitrogens with zero attached hydrogens (tertiary/aromatic N) is 1. The lowest BCUT2D eigenvalue weighted by molar-refractivity contribution is 0.0687. The average molecular weight is 278 g/mol. The van der Waals surface area contributed by atoms with E-state index >= 15 is 0 Å². The normalized spacial score (nSPS) is 13.5. The van der Waals surface area contributed by atoms with E-state index < -0.39 is 21.7 Å². The summed E-state index contributed by atoms with van der Waals surface area (Å²) < 4.78 is 26.0. The number of aromatic carboxylic acids is 1. The Morgan fingerprint density at radius 3 is 2.82 bits per heavy atom. The van der Waals surface area contributed by atoms with Gasteiger partial charge in [0.1, 0.15) is 0 Å². The second-order valence-corrected chi connectivity index (χ2v) is 6.37. The highest BCUT2D eigenvalue weighted by Crippen LogP contribution is 2.20. The number of aromatic nitrogens is 1. The first-order chi connectivity index (χ1) is 7.88. The quantitative estimate of drug-likeness (QED) is 0.817. The zero-order chi connectivity index (χ0) is 13.1. The SMILES string of the molecule is CCCC(C)NS(=O)(=O)c1scnc1C(=O)O. The molecule has 0 aromatic carbocycles. The summed E-state index contributed by atoms with van der Waals surface area (Å²) in [6, 6.07) is -0.228. The van der Waals surface area contributed by atoms with Crippen LogP contribution in [0.15, 0.2) is 9.72 Å². The first-order valence-corrected chi connectivity index (χ1v) is 7.44. The number of carboxylic acids is 1. The van der Waals surface area contributed by atoms with Gasteiger partial charge >= 0.3 is 5.97 Å². The summed E-state index contributed by atoms with van der Waals surface area (Å²) in [6.45, 7) is 3.68. The van der Waals surface area contributed by atoms with Gasteiger partial charge in [-0.25, -0.2) is 22.9 Å². The van der Waals surface area contributed by atoms with Gasteiger partial charge in [-0.2, -0.15) is 0 Å². The summed E-state index contributed by atoms with van der Waals surface area (Å²) in [5.74, 6) is -1.34. The van der Waals surface area contributed by atoms with Crippen molar-refractivity contribution < 1.29 is 18.3 Å². The molecule has 0 spiro atoms. The fraction of sp³-hybridized carbons (Fsp3) is 0.556. The Bertz CT molecular complexity index is 495. The van der Waals surface area contributed by atoms with Crippen LogP contribution in [-0.4, -0.2) is 30.5 Å². The van der Waals surface area contributed by atoms with Crippen molar-refractivity contribution in [1.82, 2.24) is 9.71 Å². The monoisotopic (exact) mass is 278 g/mol. The molecule has 17 heavy (non-hydrogen) atoms. The highest BCUT2D eigenvalue weighted by molar-refractivity contribution is 7.91. The van der Waals surface area contributed by atoms with E-state index in [9.17, 15) is 13.2 Å². The van der Waals surface area contributed by atoms with E-state index in [1.165, 1.54) is 5.51 Å². The van der Waals surface area contributed by atoms with E-state index in [4.69, 9.17) is 5.11 Å². The van der Waals surface area contributed by atoms with E-state index in [0.717, 1.165) is 17.8 Å². The fourth-order valence-corrected chi connectivity index (χ4v) is 3.81. The molecule has 1 aromatic rings. The standard InChI is InChI=1S/C9H14N2O4S2/c1-3-4-6(2)11-17(14,15)9-7(8(12)13)10-5-16-9/h5-6,11H,3-4H2,1-2H3,(H,12,13). The van der Waals surface area contributed by atoms with Gasteiger partial charge in [0.2, 0.25) is 0 Å². The van der Waals surface area contributed by atoms with Gasteiger partial charge in [0, 0.05) is 6.04 Å². The summed E-state index contributed by atoms with van der Waals surface area (Å²) in [5, 5.41) is 8.81. The van der Waals surface area contributed by atoms with Crippen molar-refractivity contribution >= 4 is 27.3 Å². The molecule has 0 radical (unpaired) electrons. The molecule has 0 fully saturated rings. The molecule has 0 aliphatic carbocycles. The topological polar surface area (TPSA) is 96.4 Å².